The van der Waals surface area contributed by atoms with Crippen molar-refractivity contribution >= 4 is 33.7 Å². The molecule has 1 aliphatic rings. The van der Waals surface area contributed by atoms with Crippen molar-refractivity contribution in [3.05, 3.63) is 57.4 Å². The maximum absolute atomic E-state index is 11.6. The number of aryl methyl sites for hydroxylation is 1. The zero-order valence-corrected chi connectivity index (χ0v) is 15.3. The van der Waals surface area contributed by atoms with E-state index in [4.69, 9.17) is 5.21 Å². The van der Waals surface area contributed by atoms with Crippen molar-refractivity contribution in [2.24, 2.45) is 0 Å². The summed E-state index contributed by atoms with van der Waals surface area (Å²) < 4.78 is 0. The second-order valence-electron chi connectivity index (χ2n) is 6.04. The number of fused-ring (bicyclic) bond motifs is 1. The highest BCUT2D eigenvalue weighted by molar-refractivity contribution is 7.19. The van der Waals surface area contributed by atoms with Gasteiger partial charge in [-0.3, -0.25) is 10.0 Å². The van der Waals surface area contributed by atoms with E-state index >= 15 is 0 Å². The van der Waals surface area contributed by atoms with Crippen LogP contribution in [-0.2, 0) is 13.0 Å². The highest BCUT2D eigenvalue weighted by Crippen LogP contribution is 2.35. The van der Waals surface area contributed by atoms with Crippen LogP contribution in [-0.4, -0.2) is 22.6 Å². The van der Waals surface area contributed by atoms with Crippen LogP contribution in [0.15, 0.2) is 36.5 Å². The third kappa shape index (κ3) is 3.18. The molecule has 3 aromatic rings. The van der Waals surface area contributed by atoms with E-state index in [0.717, 1.165) is 34.4 Å². The summed E-state index contributed by atoms with van der Waals surface area (Å²) in [6, 6.07) is 10.4. The van der Waals surface area contributed by atoms with E-state index in [0.29, 0.717) is 4.88 Å². The Hall–Kier alpha value is -2.22. The van der Waals surface area contributed by atoms with Crippen LogP contribution in [0.1, 0.15) is 25.7 Å². The minimum absolute atomic E-state index is 0.443. The molecule has 0 bridgehead atoms. The number of carbonyl (C=O) groups excluding carboxylic acids is 1. The van der Waals surface area contributed by atoms with Crippen molar-refractivity contribution in [1.29, 1.82) is 0 Å². The number of nitrogens with zero attached hydrogens (tertiary/aromatic N) is 2. The van der Waals surface area contributed by atoms with Gasteiger partial charge in [-0.05, 0) is 30.5 Å². The number of benzene rings is 1. The van der Waals surface area contributed by atoms with Gasteiger partial charge in [-0.2, -0.15) is 0 Å². The van der Waals surface area contributed by atoms with Gasteiger partial charge in [0.05, 0.1) is 16.3 Å². The number of rotatable bonds is 3. The molecule has 2 aromatic heterocycles. The molecule has 0 aliphatic carbocycles. The molecule has 7 heteroatoms. The lowest BCUT2D eigenvalue weighted by molar-refractivity contribution is 0.0711. The minimum Gasteiger partial charge on any atom is -0.343 e. The van der Waals surface area contributed by atoms with Crippen LogP contribution in [0.2, 0.25) is 0 Å². The molecular weight excluding hydrogens is 354 g/mol. The largest absolute Gasteiger partial charge is 0.343 e. The predicted molar refractivity (Wildman–Crippen MR) is 101 cm³/mol. The van der Waals surface area contributed by atoms with Gasteiger partial charge in [-0.1, -0.05) is 41.2 Å². The average Bonchev–Trinajstić information content (AvgIpc) is 3.28. The number of anilines is 1. The van der Waals surface area contributed by atoms with E-state index in [1.54, 1.807) is 16.8 Å². The Labute approximate surface area is 153 Å². The van der Waals surface area contributed by atoms with Crippen molar-refractivity contribution < 1.29 is 10.0 Å². The van der Waals surface area contributed by atoms with Gasteiger partial charge in [0.25, 0.3) is 5.91 Å². The van der Waals surface area contributed by atoms with Crippen LogP contribution >= 0.6 is 22.7 Å². The van der Waals surface area contributed by atoms with Crippen molar-refractivity contribution in [2.45, 2.75) is 19.9 Å². The molecule has 1 amide bonds. The van der Waals surface area contributed by atoms with Gasteiger partial charge < -0.3 is 4.90 Å². The molecule has 2 N–H and O–H groups in total. The minimum atomic E-state index is -0.443. The van der Waals surface area contributed by atoms with E-state index < -0.39 is 5.91 Å². The molecule has 3 heterocycles. The maximum atomic E-state index is 11.6. The van der Waals surface area contributed by atoms with Crippen LogP contribution in [0.5, 0.6) is 0 Å². The molecule has 128 valence electrons. The standard InChI is InChI=1S/C18H17N3O2S2/c1-11-2-4-12(5-3-11)15-9-19-18(25-15)21-7-6-13-8-14(17(22)20-23)24-16(13)10-21/h2-5,8-9,23H,6-7,10H2,1H3,(H,20,22). The summed E-state index contributed by atoms with van der Waals surface area (Å²) in [6.45, 7) is 3.71. The molecule has 1 aliphatic heterocycles. The third-order valence-corrected chi connectivity index (χ3v) is 6.58. The number of thiazole rings is 1. The number of carbonyl (C=O) groups is 1. The molecular formula is C18H17N3O2S2. The Morgan fingerprint density at radius 2 is 2.08 bits per heavy atom. The Kier molecular flexibility index (Phi) is 4.29. The Morgan fingerprint density at radius 3 is 2.84 bits per heavy atom. The second-order valence-corrected chi connectivity index (χ2v) is 8.19. The zero-order valence-electron chi connectivity index (χ0n) is 13.7. The Morgan fingerprint density at radius 1 is 1.28 bits per heavy atom. The number of hydrogen-bond donors (Lipinski definition) is 2. The summed E-state index contributed by atoms with van der Waals surface area (Å²) in [4.78, 5) is 21.3. The lowest BCUT2D eigenvalue weighted by Gasteiger charge is -2.26. The van der Waals surface area contributed by atoms with Crippen LogP contribution in [0.4, 0.5) is 5.13 Å². The highest BCUT2D eigenvalue weighted by atomic mass is 32.1. The summed E-state index contributed by atoms with van der Waals surface area (Å²) in [5, 5.41) is 9.80. The number of thiophene rings is 1. The number of hydrogen-bond acceptors (Lipinski definition) is 6. The van der Waals surface area contributed by atoms with E-state index in [9.17, 15) is 4.79 Å². The average molecular weight is 371 g/mol. The lowest BCUT2D eigenvalue weighted by Crippen LogP contribution is -2.29. The molecule has 0 fully saturated rings. The Bertz CT molecular complexity index is 915. The zero-order chi connectivity index (χ0) is 17.4. The molecule has 25 heavy (non-hydrogen) atoms. The number of aromatic nitrogens is 1. The smallest absolute Gasteiger partial charge is 0.284 e. The van der Waals surface area contributed by atoms with Gasteiger partial charge in [0.2, 0.25) is 0 Å². The van der Waals surface area contributed by atoms with Gasteiger partial charge in [-0.15, -0.1) is 11.3 Å². The van der Waals surface area contributed by atoms with Crippen molar-refractivity contribution in [2.75, 3.05) is 11.4 Å². The fraction of sp³-hybridized carbons (Fsp3) is 0.222. The number of hydroxylamine groups is 1. The van der Waals surface area contributed by atoms with Crippen LogP contribution < -0.4 is 10.4 Å². The van der Waals surface area contributed by atoms with Crippen LogP contribution in [0.25, 0.3) is 10.4 Å². The third-order valence-electron chi connectivity index (χ3n) is 4.31. The highest BCUT2D eigenvalue weighted by Gasteiger charge is 2.23. The first kappa shape index (κ1) is 16.3. The lowest BCUT2D eigenvalue weighted by atomic mass is 10.1. The SMILES string of the molecule is Cc1ccc(-c2cnc(N3CCc4cc(C(=O)NO)sc4C3)s2)cc1. The van der Waals surface area contributed by atoms with Gasteiger partial charge in [0.15, 0.2) is 5.13 Å². The molecule has 0 saturated carbocycles. The summed E-state index contributed by atoms with van der Waals surface area (Å²) in [5.41, 5.74) is 5.33. The Balaban J connectivity index is 1.55. The van der Waals surface area contributed by atoms with Crippen LogP contribution in [0, 0.1) is 6.92 Å². The summed E-state index contributed by atoms with van der Waals surface area (Å²) in [5.74, 6) is -0.443. The molecule has 1 aromatic carbocycles. The van der Waals surface area contributed by atoms with E-state index in [1.807, 2.05) is 12.3 Å². The van der Waals surface area contributed by atoms with E-state index in [-0.39, 0.29) is 0 Å². The molecule has 5 nitrogen and oxygen atoms in total. The van der Waals surface area contributed by atoms with Crippen molar-refractivity contribution in [3.63, 3.8) is 0 Å². The van der Waals surface area contributed by atoms with Crippen molar-refractivity contribution in [3.8, 4) is 10.4 Å². The fourth-order valence-corrected chi connectivity index (χ4v) is 4.98. The fourth-order valence-electron chi connectivity index (χ4n) is 2.91. The maximum Gasteiger partial charge on any atom is 0.284 e. The first-order valence-corrected chi connectivity index (χ1v) is 9.61. The molecule has 0 radical (unpaired) electrons. The van der Waals surface area contributed by atoms with Crippen LogP contribution in [0.3, 0.4) is 0 Å². The van der Waals surface area contributed by atoms with E-state index in [2.05, 4.69) is 41.1 Å². The van der Waals surface area contributed by atoms with E-state index in [1.165, 1.54) is 28.0 Å². The van der Waals surface area contributed by atoms with Crippen molar-refractivity contribution in [1.82, 2.24) is 10.5 Å². The molecule has 4 rings (SSSR count). The number of nitrogens with one attached hydrogen (secondary N) is 1. The normalized spacial score (nSPS) is 13.6. The molecule has 0 spiro atoms. The van der Waals surface area contributed by atoms with Gasteiger partial charge in [-0.25, -0.2) is 10.5 Å². The quantitative estimate of drug-likeness (QED) is 0.542. The predicted octanol–water partition coefficient (Wildman–Crippen LogP) is 3.86. The van der Waals surface area contributed by atoms with Gasteiger partial charge >= 0.3 is 0 Å². The summed E-state index contributed by atoms with van der Waals surface area (Å²) >= 11 is 3.13. The van der Waals surface area contributed by atoms with Gasteiger partial charge in [0.1, 0.15) is 0 Å². The molecule has 0 unspecified atom stereocenters. The first-order chi connectivity index (χ1) is 12.1. The summed E-state index contributed by atoms with van der Waals surface area (Å²) in [6.07, 6.45) is 2.81. The topological polar surface area (TPSA) is 65.5 Å². The second kappa shape index (κ2) is 6.59. The first-order valence-electron chi connectivity index (χ1n) is 7.98. The monoisotopic (exact) mass is 371 g/mol. The number of amides is 1. The summed E-state index contributed by atoms with van der Waals surface area (Å²) in [7, 11) is 0. The molecule has 0 saturated heterocycles. The molecule has 0 atom stereocenters. The van der Waals surface area contributed by atoms with Gasteiger partial charge in [0, 0.05) is 17.6 Å².